The Labute approximate surface area is 193 Å². The third kappa shape index (κ3) is 4.82. The SMILES string of the molecule is C[C@H](NC1CC2CC(c3nn(C)c(N)c3C(=O)Nc3ccc(F)c(Cl)c3)CC2C1)C(F)(F)F. The number of hydrogen-bond donors (Lipinski definition) is 3. The topological polar surface area (TPSA) is 85.0 Å². The first-order valence-corrected chi connectivity index (χ1v) is 11.2. The Morgan fingerprint density at radius 3 is 2.45 bits per heavy atom. The number of amides is 1. The molecule has 1 aromatic heterocycles. The van der Waals surface area contributed by atoms with Gasteiger partial charge in [0.15, 0.2) is 0 Å². The van der Waals surface area contributed by atoms with Crippen LogP contribution in [0.5, 0.6) is 0 Å². The highest BCUT2D eigenvalue weighted by Gasteiger charge is 2.46. The number of fused-ring (bicyclic) bond motifs is 1. The zero-order chi connectivity index (χ0) is 24.1. The number of hydrogen-bond acceptors (Lipinski definition) is 4. The number of alkyl halides is 3. The summed E-state index contributed by atoms with van der Waals surface area (Å²) in [4.78, 5) is 13.0. The van der Waals surface area contributed by atoms with Gasteiger partial charge in [0.05, 0.1) is 10.7 Å². The Kier molecular flexibility index (Phi) is 6.34. The number of benzene rings is 1. The molecule has 2 fully saturated rings. The van der Waals surface area contributed by atoms with Crippen LogP contribution in [0.1, 0.15) is 54.6 Å². The van der Waals surface area contributed by atoms with Crippen molar-refractivity contribution in [3.8, 4) is 0 Å². The number of halogens is 5. The number of carbonyl (C=O) groups excluding carboxylic acids is 1. The van der Waals surface area contributed by atoms with Crippen LogP contribution in [0.15, 0.2) is 18.2 Å². The summed E-state index contributed by atoms with van der Waals surface area (Å²) in [6, 6.07) is 2.17. The van der Waals surface area contributed by atoms with Crippen LogP contribution in [0.25, 0.3) is 0 Å². The molecule has 33 heavy (non-hydrogen) atoms. The van der Waals surface area contributed by atoms with Gasteiger partial charge in [-0.15, -0.1) is 0 Å². The maximum absolute atomic E-state index is 13.4. The summed E-state index contributed by atoms with van der Waals surface area (Å²) < 4.78 is 53.5. The third-order valence-corrected chi connectivity index (χ3v) is 7.19. The Balaban J connectivity index is 1.46. The van der Waals surface area contributed by atoms with Gasteiger partial charge in [0.1, 0.15) is 23.2 Å². The van der Waals surface area contributed by atoms with E-state index in [-0.39, 0.29) is 40.2 Å². The first kappa shape index (κ1) is 23.8. The Bertz CT molecular complexity index is 1040. The molecular weight excluding hydrogens is 462 g/mol. The van der Waals surface area contributed by atoms with Crippen LogP contribution >= 0.6 is 11.6 Å². The lowest BCUT2D eigenvalue weighted by Gasteiger charge is -2.23. The molecule has 0 radical (unpaired) electrons. The van der Waals surface area contributed by atoms with E-state index >= 15 is 0 Å². The molecule has 11 heteroatoms. The lowest BCUT2D eigenvalue weighted by molar-refractivity contribution is -0.153. The molecule has 1 aromatic carbocycles. The average Bonchev–Trinajstić information content (AvgIpc) is 3.36. The predicted molar refractivity (Wildman–Crippen MR) is 118 cm³/mol. The van der Waals surface area contributed by atoms with Crippen LogP contribution in [0.3, 0.4) is 0 Å². The number of nitrogens with two attached hydrogens (primary N) is 1. The molecule has 2 aromatic rings. The fourth-order valence-corrected chi connectivity index (χ4v) is 5.45. The summed E-state index contributed by atoms with van der Waals surface area (Å²) in [6.07, 6.45) is -1.45. The van der Waals surface area contributed by atoms with E-state index < -0.39 is 23.9 Å². The highest BCUT2D eigenvalue weighted by atomic mass is 35.5. The van der Waals surface area contributed by atoms with E-state index in [2.05, 4.69) is 15.7 Å². The van der Waals surface area contributed by atoms with Gasteiger partial charge in [-0.05, 0) is 62.6 Å². The first-order valence-electron chi connectivity index (χ1n) is 10.9. The first-order chi connectivity index (χ1) is 15.4. The molecule has 180 valence electrons. The highest BCUT2D eigenvalue weighted by Crippen LogP contribution is 2.51. The lowest BCUT2D eigenvalue weighted by Crippen LogP contribution is -2.44. The van der Waals surface area contributed by atoms with Gasteiger partial charge in [0.25, 0.3) is 5.91 Å². The van der Waals surface area contributed by atoms with Crippen molar-refractivity contribution in [2.75, 3.05) is 11.1 Å². The van der Waals surface area contributed by atoms with Crippen LogP contribution in [-0.4, -0.2) is 33.9 Å². The van der Waals surface area contributed by atoms with Crippen molar-refractivity contribution in [1.82, 2.24) is 15.1 Å². The normalized spacial score (nSPS) is 25.8. The largest absolute Gasteiger partial charge is 0.403 e. The molecule has 0 aliphatic heterocycles. The summed E-state index contributed by atoms with van der Waals surface area (Å²) in [5.41, 5.74) is 7.33. The van der Waals surface area contributed by atoms with Crippen LogP contribution in [0.2, 0.25) is 5.02 Å². The summed E-state index contributed by atoms with van der Waals surface area (Å²) >= 11 is 5.80. The summed E-state index contributed by atoms with van der Waals surface area (Å²) in [5, 5.41) is 9.79. The van der Waals surface area contributed by atoms with Crippen LogP contribution < -0.4 is 16.4 Å². The fourth-order valence-electron chi connectivity index (χ4n) is 5.27. The molecule has 0 saturated heterocycles. The van der Waals surface area contributed by atoms with Gasteiger partial charge in [-0.1, -0.05) is 11.6 Å². The second-order valence-corrected chi connectivity index (χ2v) is 9.55. The van der Waals surface area contributed by atoms with Crippen molar-refractivity contribution in [1.29, 1.82) is 0 Å². The third-order valence-electron chi connectivity index (χ3n) is 6.90. The predicted octanol–water partition coefficient (Wildman–Crippen LogP) is 4.86. The molecule has 1 amide bonds. The maximum Gasteiger partial charge on any atom is 0.403 e. The van der Waals surface area contributed by atoms with Crippen molar-refractivity contribution in [3.05, 3.63) is 40.3 Å². The number of aromatic nitrogens is 2. The Morgan fingerprint density at radius 2 is 1.88 bits per heavy atom. The van der Waals surface area contributed by atoms with Gasteiger partial charge < -0.3 is 16.4 Å². The molecule has 0 bridgehead atoms. The van der Waals surface area contributed by atoms with Crippen LogP contribution in [0, 0.1) is 17.7 Å². The van der Waals surface area contributed by atoms with Gasteiger partial charge in [0, 0.05) is 24.7 Å². The molecule has 2 aliphatic carbocycles. The number of nitrogens with zero attached hydrogens (tertiary/aromatic N) is 2. The molecule has 2 unspecified atom stereocenters. The summed E-state index contributed by atoms with van der Waals surface area (Å²) in [7, 11) is 1.65. The van der Waals surface area contributed by atoms with E-state index in [0.29, 0.717) is 24.2 Å². The highest BCUT2D eigenvalue weighted by molar-refractivity contribution is 6.31. The molecule has 3 atom stereocenters. The van der Waals surface area contributed by atoms with Crippen molar-refractivity contribution in [2.45, 2.75) is 56.8 Å². The molecular formula is C22H26ClF4N5O. The number of nitrogens with one attached hydrogen (secondary N) is 2. The zero-order valence-electron chi connectivity index (χ0n) is 18.2. The second kappa shape index (κ2) is 8.79. The zero-order valence-corrected chi connectivity index (χ0v) is 19.0. The van der Waals surface area contributed by atoms with E-state index in [0.717, 1.165) is 25.8 Å². The molecule has 2 saturated carbocycles. The summed E-state index contributed by atoms with van der Waals surface area (Å²) in [6.45, 7) is 1.15. The van der Waals surface area contributed by atoms with Gasteiger partial charge in [0.2, 0.25) is 0 Å². The molecule has 4 N–H and O–H groups in total. The quantitative estimate of drug-likeness (QED) is 0.526. The molecule has 0 spiro atoms. The minimum atomic E-state index is -4.26. The van der Waals surface area contributed by atoms with Gasteiger partial charge in [-0.2, -0.15) is 18.3 Å². The van der Waals surface area contributed by atoms with E-state index in [4.69, 9.17) is 17.3 Å². The number of nitrogen functional groups attached to an aromatic ring is 1. The maximum atomic E-state index is 13.4. The van der Waals surface area contributed by atoms with Crippen molar-refractivity contribution >= 4 is 29.0 Å². The molecule has 4 rings (SSSR count). The van der Waals surface area contributed by atoms with Crippen molar-refractivity contribution in [2.24, 2.45) is 18.9 Å². The Morgan fingerprint density at radius 1 is 1.24 bits per heavy atom. The van der Waals surface area contributed by atoms with Crippen LogP contribution in [0.4, 0.5) is 29.1 Å². The smallest absolute Gasteiger partial charge is 0.383 e. The van der Waals surface area contributed by atoms with Crippen LogP contribution in [-0.2, 0) is 7.05 Å². The van der Waals surface area contributed by atoms with Crippen molar-refractivity contribution < 1.29 is 22.4 Å². The lowest BCUT2D eigenvalue weighted by atomic mass is 9.95. The number of rotatable bonds is 5. The number of anilines is 2. The minimum absolute atomic E-state index is 0.0120. The number of aryl methyl sites for hydroxylation is 1. The molecule has 1 heterocycles. The fraction of sp³-hybridized carbons (Fsp3) is 0.545. The van der Waals surface area contributed by atoms with Gasteiger partial charge >= 0.3 is 6.18 Å². The standard InChI is InChI=1S/C22H26ClF4N5O/c1-10(22(25,26)27)29-15-7-11-5-13(6-12(11)8-15)19-18(20(28)32(2)31-19)21(33)30-14-3-4-17(24)16(23)9-14/h3-4,9-13,15,29H,5-8,28H2,1-2H3,(H,30,33)/t10-,11?,12?,13?,15?/m0/s1. The monoisotopic (exact) mass is 487 g/mol. The number of carbonyl (C=O) groups is 1. The van der Waals surface area contributed by atoms with Gasteiger partial charge in [-0.25, -0.2) is 4.39 Å². The van der Waals surface area contributed by atoms with E-state index in [9.17, 15) is 22.4 Å². The second-order valence-electron chi connectivity index (χ2n) is 9.14. The van der Waals surface area contributed by atoms with E-state index in [1.54, 1.807) is 7.05 Å². The van der Waals surface area contributed by atoms with E-state index in [1.807, 2.05) is 0 Å². The molecule has 6 nitrogen and oxygen atoms in total. The molecule has 2 aliphatic rings. The average molecular weight is 488 g/mol. The van der Waals surface area contributed by atoms with Crippen molar-refractivity contribution in [3.63, 3.8) is 0 Å². The minimum Gasteiger partial charge on any atom is -0.383 e. The van der Waals surface area contributed by atoms with E-state index in [1.165, 1.54) is 16.8 Å². The summed E-state index contributed by atoms with van der Waals surface area (Å²) in [5.74, 6) is -0.320. The Hall–Kier alpha value is -2.33. The van der Waals surface area contributed by atoms with Gasteiger partial charge in [-0.3, -0.25) is 9.48 Å².